The number of nitrogens with zero attached hydrogens (tertiary/aromatic N) is 1. The van der Waals surface area contributed by atoms with Crippen LogP contribution in [-0.4, -0.2) is 36.0 Å². The number of carbonyl (C=O) groups is 1. The molecule has 1 saturated carbocycles. The molecule has 3 fully saturated rings. The number of hydrogen-bond donors (Lipinski definition) is 1. The van der Waals surface area contributed by atoms with Gasteiger partial charge in [-0.25, -0.2) is 0 Å². The predicted molar refractivity (Wildman–Crippen MR) is 77.0 cm³/mol. The van der Waals surface area contributed by atoms with Crippen LogP contribution in [0.3, 0.4) is 0 Å². The molecule has 2 saturated heterocycles. The minimum Gasteiger partial charge on any atom is -0.335 e. The van der Waals surface area contributed by atoms with Crippen LogP contribution in [0.2, 0.25) is 0 Å². The lowest BCUT2D eigenvalue weighted by Gasteiger charge is -2.28. The fraction of sp³-hybridized carbons (Fsp3) is 0.938. The third-order valence-corrected chi connectivity index (χ3v) is 5.42. The van der Waals surface area contributed by atoms with Crippen LogP contribution < -0.4 is 5.32 Å². The van der Waals surface area contributed by atoms with Crippen molar-refractivity contribution < 1.29 is 4.79 Å². The third-order valence-electron chi connectivity index (χ3n) is 5.42. The molecule has 2 unspecified atom stereocenters. The molecule has 3 rings (SSSR count). The topological polar surface area (TPSA) is 32.3 Å². The molecule has 3 nitrogen and oxygen atoms in total. The standard InChI is InChI=1S/C16H28N2O/c19-16(7-3-6-13-4-1-2-5-13)18-14-8-9-15(18)12-17-11-10-14/h13-15,17H,1-12H2. The van der Waals surface area contributed by atoms with Crippen LogP contribution in [0.4, 0.5) is 0 Å². The first kappa shape index (κ1) is 13.4. The van der Waals surface area contributed by atoms with E-state index < -0.39 is 0 Å². The highest BCUT2D eigenvalue weighted by Crippen LogP contribution is 2.31. The molecule has 2 aliphatic heterocycles. The van der Waals surface area contributed by atoms with Gasteiger partial charge in [-0.05, 0) is 44.6 Å². The largest absolute Gasteiger partial charge is 0.335 e. The van der Waals surface area contributed by atoms with Gasteiger partial charge in [0.05, 0.1) is 0 Å². The summed E-state index contributed by atoms with van der Waals surface area (Å²) in [5.74, 6) is 1.37. The minimum absolute atomic E-state index is 0.439. The summed E-state index contributed by atoms with van der Waals surface area (Å²) < 4.78 is 0. The first-order valence-corrected chi connectivity index (χ1v) is 8.36. The van der Waals surface area contributed by atoms with Crippen LogP contribution in [0.5, 0.6) is 0 Å². The molecule has 2 bridgehead atoms. The number of amides is 1. The highest BCUT2D eigenvalue weighted by atomic mass is 16.2. The Morgan fingerprint density at radius 1 is 1.05 bits per heavy atom. The highest BCUT2D eigenvalue weighted by Gasteiger charge is 2.37. The molecule has 0 spiro atoms. The zero-order valence-electron chi connectivity index (χ0n) is 12.1. The fourth-order valence-electron chi connectivity index (χ4n) is 4.36. The number of nitrogens with one attached hydrogen (secondary N) is 1. The van der Waals surface area contributed by atoms with Gasteiger partial charge in [0, 0.05) is 25.0 Å². The van der Waals surface area contributed by atoms with Crippen molar-refractivity contribution in [3.05, 3.63) is 0 Å². The summed E-state index contributed by atoms with van der Waals surface area (Å²) in [4.78, 5) is 14.7. The van der Waals surface area contributed by atoms with E-state index in [9.17, 15) is 4.79 Å². The lowest BCUT2D eigenvalue weighted by atomic mass is 10.0. The Labute approximate surface area is 117 Å². The number of fused-ring (bicyclic) bond motifs is 2. The Morgan fingerprint density at radius 2 is 1.84 bits per heavy atom. The van der Waals surface area contributed by atoms with E-state index >= 15 is 0 Å². The van der Waals surface area contributed by atoms with Crippen LogP contribution in [0.1, 0.15) is 64.2 Å². The van der Waals surface area contributed by atoms with Gasteiger partial charge >= 0.3 is 0 Å². The Hall–Kier alpha value is -0.570. The molecule has 2 atom stereocenters. The summed E-state index contributed by atoms with van der Waals surface area (Å²) >= 11 is 0. The third kappa shape index (κ3) is 3.13. The molecule has 19 heavy (non-hydrogen) atoms. The van der Waals surface area contributed by atoms with E-state index in [0.717, 1.165) is 38.3 Å². The van der Waals surface area contributed by atoms with Gasteiger partial charge in [-0.2, -0.15) is 0 Å². The molecule has 108 valence electrons. The second-order valence-electron chi connectivity index (χ2n) is 6.72. The molecule has 1 N–H and O–H groups in total. The first-order valence-electron chi connectivity index (χ1n) is 8.36. The van der Waals surface area contributed by atoms with Gasteiger partial charge in [-0.15, -0.1) is 0 Å². The van der Waals surface area contributed by atoms with Crippen LogP contribution in [0.15, 0.2) is 0 Å². The van der Waals surface area contributed by atoms with Gasteiger partial charge in [0.25, 0.3) is 0 Å². The summed E-state index contributed by atoms with van der Waals surface area (Å²) in [7, 11) is 0. The second kappa shape index (κ2) is 6.25. The SMILES string of the molecule is O=C(CCCC1CCCC1)N1C2CCNCC1CC2. The van der Waals surface area contributed by atoms with Crippen molar-refractivity contribution in [2.24, 2.45) is 5.92 Å². The van der Waals surface area contributed by atoms with Gasteiger partial charge in [0.2, 0.25) is 5.91 Å². The van der Waals surface area contributed by atoms with E-state index in [1.54, 1.807) is 0 Å². The van der Waals surface area contributed by atoms with E-state index in [0.29, 0.717) is 18.0 Å². The van der Waals surface area contributed by atoms with E-state index in [1.165, 1.54) is 44.9 Å². The summed E-state index contributed by atoms with van der Waals surface area (Å²) in [5, 5.41) is 3.47. The highest BCUT2D eigenvalue weighted by molar-refractivity contribution is 5.77. The van der Waals surface area contributed by atoms with Gasteiger partial charge in [-0.1, -0.05) is 25.7 Å². The smallest absolute Gasteiger partial charge is 0.223 e. The minimum atomic E-state index is 0.439. The molecule has 0 aromatic rings. The van der Waals surface area contributed by atoms with Crippen molar-refractivity contribution in [3.8, 4) is 0 Å². The first-order chi connectivity index (χ1) is 9.34. The normalized spacial score (nSPS) is 31.7. The lowest BCUT2D eigenvalue weighted by Crippen LogP contribution is -2.42. The number of carbonyl (C=O) groups excluding carboxylic acids is 1. The van der Waals surface area contributed by atoms with E-state index in [4.69, 9.17) is 0 Å². The van der Waals surface area contributed by atoms with Crippen molar-refractivity contribution in [1.29, 1.82) is 0 Å². The van der Waals surface area contributed by atoms with Crippen LogP contribution in [-0.2, 0) is 4.79 Å². The summed E-state index contributed by atoms with van der Waals surface area (Å²) in [6.07, 6.45) is 12.5. The van der Waals surface area contributed by atoms with Crippen LogP contribution in [0.25, 0.3) is 0 Å². The predicted octanol–water partition coefficient (Wildman–Crippen LogP) is 2.70. The molecule has 0 aromatic heterocycles. The Kier molecular flexibility index (Phi) is 4.42. The van der Waals surface area contributed by atoms with Crippen molar-refractivity contribution in [1.82, 2.24) is 10.2 Å². The second-order valence-corrected chi connectivity index (χ2v) is 6.72. The molecular formula is C16H28N2O. The van der Waals surface area contributed by atoms with Crippen molar-refractivity contribution in [2.45, 2.75) is 76.3 Å². The monoisotopic (exact) mass is 264 g/mol. The van der Waals surface area contributed by atoms with Gasteiger partial charge in [0.15, 0.2) is 0 Å². The van der Waals surface area contributed by atoms with Gasteiger partial charge in [0.1, 0.15) is 0 Å². The lowest BCUT2D eigenvalue weighted by molar-refractivity contribution is -0.133. The van der Waals surface area contributed by atoms with Gasteiger partial charge in [-0.3, -0.25) is 4.79 Å². The molecular weight excluding hydrogens is 236 g/mol. The number of rotatable bonds is 4. The quantitative estimate of drug-likeness (QED) is 0.846. The summed E-state index contributed by atoms with van der Waals surface area (Å²) in [6.45, 7) is 2.11. The van der Waals surface area contributed by atoms with E-state index in [1.807, 2.05) is 0 Å². The molecule has 2 heterocycles. The van der Waals surface area contributed by atoms with Crippen LogP contribution >= 0.6 is 0 Å². The van der Waals surface area contributed by atoms with Crippen molar-refractivity contribution in [3.63, 3.8) is 0 Å². The average molecular weight is 264 g/mol. The maximum Gasteiger partial charge on any atom is 0.223 e. The zero-order chi connectivity index (χ0) is 13.1. The maximum atomic E-state index is 12.5. The fourth-order valence-corrected chi connectivity index (χ4v) is 4.36. The molecule has 1 aliphatic carbocycles. The van der Waals surface area contributed by atoms with Crippen molar-refractivity contribution >= 4 is 5.91 Å². The average Bonchev–Trinajstić information content (AvgIpc) is 2.96. The molecule has 3 aliphatic rings. The Balaban J connectivity index is 1.46. The zero-order valence-corrected chi connectivity index (χ0v) is 12.1. The van der Waals surface area contributed by atoms with Crippen molar-refractivity contribution in [2.75, 3.05) is 13.1 Å². The summed E-state index contributed by atoms with van der Waals surface area (Å²) in [5.41, 5.74) is 0. The van der Waals surface area contributed by atoms with Crippen LogP contribution in [0, 0.1) is 5.92 Å². The number of hydrogen-bond acceptors (Lipinski definition) is 2. The molecule has 1 amide bonds. The van der Waals surface area contributed by atoms with E-state index in [-0.39, 0.29) is 0 Å². The molecule has 0 aromatic carbocycles. The Bertz CT molecular complexity index is 298. The maximum absolute atomic E-state index is 12.5. The molecule has 3 heteroatoms. The summed E-state index contributed by atoms with van der Waals surface area (Å²) in [6, 6.07) is 1.03. The van der Waals surface area contributed by atoms with Gasteiger partial charge < -0.3 is 10.2 Å². The Morgan fingerprint density at radius 3 is 2.68 bits per heavy atom. The molecule has 0 radical (unpaired) electrons. The van der Waals surface area contributed by atoms with E-state index in [2.05, 4.69) is 10.2 Å².